The minimum Gasteiger partial charge on any atom is -0.393 e. The summed E-state index contributed by atoms with van der Waals surface area (Å²) in [4.78, 5) is 21.4. The fraction of sp³-hybridized carbons (Fsp3) is 0.667. The van der Waals surface area contributed by atoms with Gasteiger partial charge in [-0.1, -0.05) is 13.0 Å². The molecule has 5 nitrogen and oxygen atoms in total. The Hall–Kier alpha value is -1.46. The molecule has 1 N–H and O–H groups in total. The van der Waals surface area contributed by atoms with E-state index in [4.69, 9.17) is 0 Å². The maximum atomic E-state index is 12.5. The first-order valence-electron chi connectivity index (χ1n) is 8.73. The first-order valence-corrected chi connectivity index (χ1v) is 8.73. The highest BCUT2D eigenvalue weighted by Gasteiger charge is 2.52. The van der Waals surface area contributed by atoms with Gasteiger partial charge in [0.25, 0.3) is 0 Å². The molecule has 5 heteroatoms. The van der Waals surface area contributed by atoms with Gasteiger partial charge < -0.3 is 10.0 Å². The molecule has 0 radical (unpaired) electrons. The fourth-order valence-corrected chi connectivity index (χ4v) is 4.37. The summed E-state index contributed by atoms with van der Waals surface area (Å²) in [6, 6.07) is 4.21. The summed E-state index contributed by atoms with van der Waals surface area (Å²) >= 11 is 0. The van der Waals surface area contributed by atoms with Crippen molar-refractivity contribution in [2.75, 3.05) is 26.2 Å². The van der Waals surface area contributed by atoms with E-state index in [-0.39, 0.29) is 12.0 Å². The lowest BCUT2D eigenvalue weighted by atomic mass is 9.62. The average Bonchev–Trinajstić information content (AvgIpc) is 2.50. The molecule has 2 fully saturated rings. The van der Waals surface area contributed by atoms with E-state index < -0.39 is 0 Å². The van der Waals surface area contributed by atoms with Crippen molar-refractivity contribution in [3.63, 3.8) is 0 Å². The van der Waals surface area contributed by atoms with E-state index in [1.165, 1.54) is 11.3 Å². The second-order valence-electron chi connectivity index (χ2n) is 7.53. The fourth-order valence-electron chi connectivity index (χ4n) is 4.37. The lowest BCUT2D eigenvalue weighted by Crippen LogP contribution is -2.65. The summed E-state index contributed by atoms with van der Waals surface area (Å²) < 4.78 is 0. The lowest BCUT2D eigenvalue weighted by Gasteiger charge is -2.57. The van der Waals surface area contributed by atoms with E-state index >= 15 is 0 Å². The maximum absolute atomic E-state index is 12.5. The number of rotatable bonds is 3. The Bertz CT molecular complexity index is 617. The summed E-state index contributed by atoms with van der Waals surface area (Å²) in [7, 11) is 0. The number of hydrogen-bond donors (Lipinski definition) is 1. The third-order valence-corrected chi connectivity index (χ3v) is 5.63. The molecule has 1 aliphatic carbocycles. The van der Waals surface area contributed by atoms with Gasteiger partial charge in [0.15, 0.2) is 0 Å². The highest BCUT2D eigenvalue weighted by molar-refractivity contribution is 5.78. The second kappa shape index (κ2) is 5.56. The van der Waals surface area contributed by atoms with Crippen LogP contribution in [0.1, 0.15) is 36.7 Å². The van der Waals surface area contributed by atoms with Gasteiger partial charge in [-0.05, 0) is 30.9 Å². The van der Waals surface area contributed by atoms with Crippen molar-refractivity contribution >= 4 is 5.91 Å². The zero-order chi connectivity index (χ0) is 16.0. The van der Waals surface area contributed by atoms with Crippen LogP contribution in [-0.2, 0) is 24.2 Å². The number of likely N-dealkylation sites (tertiary alicyclic amines) is 1. The zero-order valence-electron chi connectivity index (χ0n) is 13.8. The summed E-state index contributed by atoms with van der Waals surface area (Å²) in [5.41, 5.74) is 3.83. The first-order chi connectivity index (χ1) is 11.1. The number of hydrogen-bond acceptors (Lipinski definition) is 4. The van der Waals surface area contributed by atoms with Gasteiger partial charge in [-0.15, -0.1) is 0 Å². The Morgan fingerprint density at radius 3 is 2.87 bits per heavy atom. The van der Waals surface area contributed by atoms with Crippen LogP contribution in [0.5, 0.6) is 0 Å². The highest BCUT2D eigenvalue weighted by Crippen LogP contribution is 2.48. The van der Waals surface area contributed by atoms with Gasteiger partial charge in [0.2, 0.25) is 5.91 Å². The molecule has 3 aliphatic rings. The van der Waals surface area contributed by atoms with Crippen molar-refractivity contribution in [3.8, 4) is 0 Å². The molecule has 1 saturated carbocycles. The van der Waals surface area contributed by atoms with Crippen LogP contribution >= 0.6 is 0 Å². The van der Waals surface area contributed by atoms with Gasteiger partial charge in [0.05, 0.1) is 12.6 Å². The molecule has 0 unspecified atom stereocenters. The van der Waals surface area contributed by atoms with E-state index in [1.54, 1.807) is 0 Å². The number of nitrogens with zero attached hydrogens (tertiary/aromatic N) is 3. The van der Waals surface area contributed by atoms with E-state index in [0.29, 0.717) is 18.5 Å². The molecule has 1 aromatic rings. The van der Waals surface area contributed by atoms with Crippen LogP contribution in [0.3, 0.4) is 0 Å². The SMILES string of the molecule is CCc1ccc2c(n1)CCN(C(=O)CN1CC3(CC(O)C3)C1)C2. The molecule has 1 aromatic heterocycles. The lowest BCUT2D eigenvalue weighted by molar-refractivity contribution is -0.149. The number of fused-ring (bicyclic) bond motifs is 1. The monoisotopic (exact) mass is 315 g/mol. The predicted octanol–water partition coefficient (Wildman–Crippen LogP) is 0.985. The minimum absolute atomic E-state index is 0.105. The summed E-state index contributed by atoms with van der Waals surface area (Å²) in [6.07, 6.45) is 3.55. The third kappa shape index (κ3) is 2.76. The number of aryl methyl sites for hydroxylation is 1. The third-order valence-electron chi connectivity index (χ3n) is 5.63. The molecule has 23 heavy (non-hydrogen) atoms. The van der Waals surface area contributed by atoms with Gasteiger partial charge >= 0.3 is 0 Å². The summed E-state index contributed by atoms with van der Waals surface area (Å²) in [5, 5.41) is 9.45. The topological polar surface area (TPSA) is 56.7 Å². The molecule has 0 aromatic carbocycles. The smallest absolute Gasteiger partial charge is 0.237 e. The van der Waals surface area contributed by atoms with Gasteiger partial charge in [-0.3, -0.25) is 14.7 Å². The maximum Gasteiger partial charge on any atom is 0.237 e. The molecule has 3 heterocycles. The van der Waals surface area contributed by atoms with Crippen LogP contribution in [0.25, 0.3) is 0 Å². The molecule has 0 bridgehead atoms. The molecule has 1 spiro atoms. The number of aliphatic hydroxyl groups excluding tert-OH is 1. The van der Waals surface area contributed by atoms with Crippen LogP contribution < -0.4 is 0 Å². The summed E-state index contributed by atoms with van der Waals surface area (Å²) in [6.45, 7) is 6.07. The quantitative estimate of drug-likeness (QED) is 0.903. The highest BCUT2D eigenvalue weighted by atomic mass is 16.3. The number of amides is 1. The van der Waals surface area contributed by atoms with Crippen molar-refractivity contribution in [1.82, 2.24) is 14.8 Å². The largest absolute Gasteiger partial charge is 0.393 e. The molecule has 0 atom stereocenters. The van der Waals surface area contributed by atoms with Crippen LogP contribution in [0.15, 0.2) is 12.1 Å². The van der Waals surface area contributed by atoms with Crippen LogP contribution in [-0.4, -0.2) is 58.1 Å². The molecular weight excluding hydrogens is 290 g/mol. The first kappa shape index (κ1) is 15.1. The molecule has 4 rings (SSSR count). The van der Waals surface area contributed by atoms with Crippen LogP contribution in [0.4, 0.5) is 0 Å². The normalized spacial score (nSPS) is 23.3. The van der Waals surface area contributed by atoms with Crippen LogP contribution in [0, 0.1) is 5.41 Å². The Morgan fingerprint density at radius 1 is 1.39 bits per heavy atom. The molecule has 2 aliphatic heterocycles. The minimum atomic E-state index is -0.105. The average molecular weight is 315 g/mol. The van der Waals surface area contributed by atoms with E-state index in [1.807, 2.05) is 4.90 Å². The van der Waals surface area contributed by atoms with Crippen molar-refractivity contribution in [1.29, 1.82) is 0 Å². The van der Waals surface area contributed by atoms with Gasteiger partial charge in [-0.2, -0.15) is 0 Å². The number of carbonyl (C=O) groups excluding carboxylic acids is 1. The molecule has 1 saturated heterocycles. The predicted molar refractivity (Wildman–Crippen MR) is 86.8 cm³/mol. The standard InChI is InChI=1S/C18H25N3O2/c1-2-14-4-3-13-9-21(6-5-16(13)19-14)17(23)10-20-11-18(12-20)7-15(22)8-18/h3-4,15,22H,2,5-12H2,1H3. The number of carbonyl (C=O) groups is 1. The van der Waals surface area contributed by atoms with Crippen molar-refractivity contribution in [2.45, 2.75) is 45.3 Å². The number of aromatic nitrogens is 1. The van der Waals surface area contributed by atoms with Crippen LogP contribution in [0.2, 0.25) is 0 Å². The van der Waals surface area contributed by atoms with Gasteiger partial charge in [0.1, 0.15) is 0 Å². The van der Waals surface area contributed by atoms with E-state index in [0.717, 1.165) is 51.0 Å². The Labute approximate surface area is 137 Å². The van der Waals surface area contributed by atoms with Gasteiger partial charge in [0, 0.05) is 49.4 Å². The second-order valence-corrected chi connectivity index (χ2v) is 7.53. The molecule has 1 amide bonds. The van der Waals surface area contributed by atoms with Crippen molar-refractivity contribution in [2.24, 2.45) is 5.41 Å². The van der Waals surface area contributed by atoms with Crippen molar-refractivity contribution < 1.29 is 9.90 Å². The Balaban J connectivity index is 1.32. The number of pyridine rings is 1. The molecule has 124 valence electrons. The summed E-state index contributed by atoms with van der Waals surface area (Å²) in [5.74, 6) is 0.227. The van der Waals surface area contributed by atoms with E-state index in [9.17, 15) is 9.90 Å². The Kier molecular flexibility index (Phi) is 3.65. The zero-order valence-corrected chi connectivity index (χ0v) is 13.8. The Morgan fingerprint density at radius 2 is 2.17 bits per heavy atom. The van der Waals surface area contributed by atoms with E-state index in [2.05, 4.69) is 28.9 Å². The number of aliphatic hydroxyl groups is 1. The van der Waals surface area contributed by atoms with Crippen molar-refractivity contribution in [3.05, 3.63) is 29.1 Å². The molecular formula is C18H25N3O2. The van der Waals surface area contributed by atoms with Gasteiger partial charge in [-0.25, -0.2) is 0 Å².